The van der Waals surface area contributed by atoms with Gasteiger partial charge in [-0.15, -0.1) is 0 Å². The van der Waals surface area contributed by atoms with Gasteiger partial charge in [0, 0.05) is 18.1 Å². The van der Waals surface area contributed by atoms with Crippen molar-refractivity contribution in [2.75, 3.05) is 0 Å². The molecule has 2 rings (SSSR count). The van der Waals surface area contributed by atoms with Gasteiger partial charge in [-0.2, -0.15) is 0 Å². The van der Waals surface area contributed by atoms with Crippen LogP contribution in [0.25, 0.3) is 0 Å². The molecule has 70 valence electrons. The summed E-state index contributed by atoms with van der Waals surface area (Å²) in [6, 6.07) is 2.61. The largest absolute Gasteiger partial charge is 0.294 e. The van der Waals surface area contributed by atoms with Crippen LogP contribution in [0.15, 0.2) is 0 Å². The molecule has 3 atom stereocenters. The van der Waals surface area contributed by atoms with Gasteiger partial charge in [-0.1, -0.05) is 13.8 Å². The highest BCUT2D eigenvalue weighted by atomic mass is 15.3. The van der Waals surface area contributed by atoms with Gasteiger partial charge in [0.2, 0.25) is 0 Å². The number of likely N-dealkylation sites (tertiary alicyclic amines) is 1. The third-order valence-corrected chi connectivity index (χ3v) is 3.56. The molecule has 0 aromatic carbocycles. The van der Waals surface area contributed by atoms with Gasteiger partial charge in [0.05, 0.1) is 0 Å². The summed E-state index contributed by atoms with van der Waals surface area (Å²) in [4.78, 5) is 2.76. The van der Waals surface area contributed by atoms with E-state index in [9.17, 15) is 0 Å². The molecular weight excluding hydrogens is 146 g/mol. The second-order valence-electron chi connectivity index (χ2n) is 5.15. The van der Waals surface area contributed by atoms with Gasteiger partial charge < -0.3 is 0 Å². The molecular formula is C11H21N. The Labute approximate surface area is 76.1 Å². The molecule has 1 saturated carbocycles. The molecule has 1 heterocycles. The van der Waals surface area contributed by atoms with Crippen LogP contribution in [-0.2, 0) is 0 Å². The quantitative estimate of drug-likeness (QED) is 0.611. The zero-order valence-electron chi connectivity index (χ0n) is 8.75. The average molecular weight is 167 g/mol. The summed E-state index contributed by atoms with van der Waals surface area (Å²) < 4.78 is 0. The Morgan fingerprint density at radius 1 is 1.08 bits per heavy atom. The third-order valence-electron chi connectivity index (χ3n) is 3.56. The molecule has 0 radical (unpaired) electrons. The minimum absolute atomic E-state index is 0.759. The van der Waals surface area contributed by atoms with Crippen LogP contribution in [0, 0.1) is 11.8 Å². The van der Waals surface area contributed by atoms with Crippen LogP contribution in [0.2, 0.25) is 0 Å². The standard InChI is InChI=1S/C11H21N/c1-7(2)10-5-9-6-11(9)12(10)8(3)4/h7-11H,5-6H2,1-4H3/t9?,10-,11-/m0/s1. The lowest BCUT2D eigenvalue weighted by Gasteiger charge is -2.33. The molecule has 0 bridgehead atoms. The second-order valence-corrected chi connectivity index (χ2v) is 5.15. The highest BCUT2D eigenvalue weighted by Crippen LogP contribution is 2.50. The predicted molar refractivity (Wildman–Crippen MR) is 52.1 cm³/mol. The lowest BCUT2D eigenvalue weighted by molar-refractivity contribution is 0.136. The van der Waals surface area contributed by atoms with Crippen molar-refractivity contribution in [3.63, 3.8) is 0 Å². The first-order chi connectivity index (χ1) is 5.61. The van der Waals surface area contributed by atoms with Crippen molar-refractivity contribution in [3.05, 3.63) is 0 Å². The van der Waals surface area contributed by atoms with Crippen molar-refractivity contribution in [3.8, 4) is 0 Å². The maximum Gasteiger partial charge on any atom is 0.0134 e. The lowest BCUT2D eigenvalue weighted by atomic mass is 9.99. The zero-order valence-corrected chi connectivity index (χ0v) is 8.75. The number of hydrogen-bond acceptors (Lipinski definition) is 1. The topological polar surface area (TPSA) is 3.24 Å². The van der Waals surface area contributed by atoms with Crippen molar-refractivity contribution in [1.82, 2.24) is 4.90 Å². The molecule has 1 nitrogen and oxygen atoms in total. The van der Waals surface area contributed by atoms with Crippen LogP contribution in [0.5, 0.6) is 0 Å². The fourth-order valence-corrected chi connectivity index (χ4v) is 2.91. The highest BCUT2D eigenvalue weighted by molar-refractivity contribution is 5.07. The van der Waals surface area contributed by atoms with Gasteiger partial charge >= 0.3 is 0 Å². The molecule has 1 heteroatoms. The number of fused-ring (bicyclic) bond motifs is 1. The Kier molecular flexibility index (Phi) is 1.95. The summed E-state index contributed by atoms with van der Waals surface area (Å²) in [5.74, 6) is 1.92. The van der Waals surface area contributed by atoms with Crippen LogP contribution in [0.4, 0.5) is 0 Å². The third kappa shape index (κ3) is 1.19. The van der Waals surface area contributed by atoms with Crippen molar-refractivity contribution in [1.29, 1.82) is 0 Å². The minimum Gasteiger partial charge on any atom is -0.294 e. The predicted octanol–water partition coefficient (Wildman–Crippen LogP) is 2.51. The monoisotopic (exact) mass is 167 g/mol. The van der Waals surface area contributed by atoms with Crippen molar-refractivity contribution in [2.24, 2.45) is 11.8 Å². The second kappa shape index (κ2) is 2.73. The summed E-state index contributed by atoms with van der Waals surface area (Å²) >= 11 is 0. The summed E-state index contributed by atoms with van der Waals surface area (Å²) in [6.45, 7) is 9.42. The molecule has 2 fully saturated rings. The fourth-order valence-electron chi connectivity index (χ4n) is 2.91. The van der Waals surface area contributed by atoms with E-state index in [1.165, 1.54) is 12.8 Å². The first kappa shape index (κ1) is 8.55. The molecule has 0 N–H and O–H groups in total. The van der Waals surface area contributed by atoms with E-state index in [4.69, 9.17) is 0 Å². The van der Waals surface area contributed by atoms with Crippen molar-refractivity contribution < 1.29 is 0 Å². The Hall–Kier alpha value is -0.0400. The molecule has 1 aliphatic carbocycles. The number of hydrogen-bond donors (Lipinski definition) is 0. The van der Waals surface area contributed by atoms with Crippen LogP contribution in [0.1, 0.15) is 40.5 Å². The molecule has 0 spiro atoms. The summed E-state index contributed by atoms with van der Waals surface area (Å²) in [5.41, 5.74) is 0. The van der Waals surface area contributed by atoms with E-state index >= 15 is 0 Å². The van der Waals surface area contributed by atoms with E-state index in [1.54, 1.807) is 0 Å². The van der Waals surface area contributed by atoms with Crippen LogP contribution in [0.3, 0.4) is 0 Å². The zero-order chi connectivity index (χ0) is 8.88. The molecule has 0 amide bonds. The molecule has 0 aromatic rings. The normalized spacial score (nSPS) is 41.0. The van der Waals surface area contributed by atoms with Gasteiger partial charge in [-0.25, -0.2) is 0 Å². The summed E-state index contributed by atoms with van der Waals surface area (Å²) in [6.07, 6.45) is 2.96. The number of nitrogens with zero attached hydrogens (tertiary/aromatic N) is 1. The van der Waals surface area contributed by atoms with E-state index < -0.39 is 0 Å². The van der Waals surface area contributed by atoms with E-state index in [0.717, 1.165) is 30.0 Å². The fraction of sp³-hybridized carbons (Fsp3) is 1.00. The van der Waals surface area contributed by atoms with Crippen molar-refractivity contribution in [2.45, 2.75) is 58.7 Å². The van der Waals surface area contributed by atoms with Crippen LogP contribution >= 0.6 is 0 Å². The van der Waals surface area contributed by atoms with Gasteiger partial charge in [0.15, 0.2) is 0 Å². The SMILES string of the molecule is CC(C)[C@@H]1CC2C[C@@H]2N1C(C)C. The van der Waals surface area contributed by atoms with Gasteiger partial charge in [0.25, 0.3) is 0 Å². The van der Waals surface area contributed by atoms with Gasteiger partial charge in [0.1, 0.15) is 0 Å². The summed E-state index contributed by atoms with van der Waals surface area (Å²) in [7, 11) is 0. The smallest absolute Gasteiger partial charge is 0.0134 e. The lowest BCUT2D eigenvalue weighted by Crippen LogP contribution is -2.41. The van der Waals surface area contributed by atoms with E-state index in [0.29, 0.717) is 0 Å². The molecule has 12 heavy (non-hydrogen) atoms. The Morgan fingerprint density at radius 2 is 1.75 bits per heavy atom. The number of rotatable bonds is 2. The number of piperidine rings is 1. The molecule has 1 saturated heterocycles. The average Bonchev–Trinajstić information content (AvgIpc) is 2.60. The van der Waals surface area contributed by atoms with Gasteiger partial charge in [-0.3, -0.25) is 4.90 Å². The summed E-state index contributed by atoms with van der Waals surface area (Å²) in [5, 5.41) is 0. The molecule has 1 unspecified atom stereocenters. The van der Waals surface area contributed by atoms with E-state index in [2.05, 4.69) is 32.6 Å². The maximum atomic E-state index is 2.76. The highest BCUT2D eigenvalue weighted by Gasteiger charge is 2.52. The first-order valence-electron chi connectivity index (χ1n) is 5.38. The molecule has 0 aromatic heterocycles. The van der Waals surface area contributed by atoms with E-state index in [1.807, 2.05) is 0 Å². The minimum atomic E-state index is 0.759. The Morgan fingerprint density at radius 3 is 2.17 bits per heavy atom. The van der Waals surface area contributed by atoms with Crippen LogP contribution in [-0.4, -0.2) is 23.0 Å². The first-order valence-corrected chi connectivity index (χ1v) is 5.38. The van der Waals surface area contributed by atoms with Gasteiger partial charge in [-0.05, 0) is 38.5 Å². The van der Waals surface area contributed by atoms with E-state index in [-0.39, 0.29) is 0 Å². The molecule has 2 aliphatic rings. The van der Waals surface area contributed by atoms with Crippen molar-refractivity contribution >= 4 is 0 Å². The Bertz CT molecular complexity index is 174. The Balaban J connectivity index is 2.06. The van der Waals surface area contributed by atoms with Crippen LogP contribution < -0.4 is 0 Å². The molecule has 1 aliphatic heterocycles. The maximum absolute atomic E-state index is 2.76.